The summed E-state index contributed by atoms with van der Waals surface area (Å²) in [7, 11) is 1.43. The lowest BCUT2D eigenvalue weighted by Crippen LogP contribution is -2.17. The average molecular weight is 365 g/mol. The minimum atomic E-state index is -0.387. The topological polar surface area (TPSA) is 66.8 Å². The van der Waals surface area contributed by atoms with Gasteiger partial charge in [-0.15, -0.1) is 0 Å². The summed E-state index contributed by atoms with van der Waals surface area (Å²) in [5, 5.41) is 20.5. The number of methoxy groups -OCH3 is 1. The summed E-state index contributed by atoms with van der Waals surface area (Å²) >= 11 is 0. The Kier molecular flexibility index (Phi) is 8.86. The molecule has 0 amide bonds. The van der Waals surface area contributed by atoms with Gasteiger partial charge in [0, 0.05) is 12.3 Å². The van der Waals surface area contributed by atoms with Gasteiger partial charge in [-0.05, 0) is 50.4 Å². The van der Waals surface area contributed by atoms with Crippen LogP contribution in [0.25, 0.3) is 0 Å². The Morgan fingerprint density at radius 3 is 2.85 bits per heavy atom. The zero-order valence-electron chi connectivity index (χ0n) is 16.4. The summed E-state index contributed by atoms with van der Waals surface area (Å²) in [4.78, 5) is 11.2. The maximum atomic E-state index is 11.2. The molecule has 2 N–H and O–H groups in total. The van der Waals surface area contributed by atoms with Gasteiger partial charge in [-0.1, -0.05) is 50.0 Å². The van der Waals surface area contributed by atoms with Crippen molar-refractivity contribution >= 4 is 5.97 Å². The van der Waals surface area contributed by atoms with E-state index in [9.17, 15) is 15.0 Å². The van der Waals surface area contributed by atoms with Gasteiger partial charge in [0.05, 0.1) is 19.3 Å². The molecule has 0 aromatic carbocycles. The standard InChI is InChI=1S/C22H36O4/c1-3-4-5-9-18(23)11-12-19-20-14-16(13-17(20)15-21(19)24)8-6-7-10-22(25)26-2/h8,11-12,17-21,23-24H,3-7,9-10,13-15H2,1-2H3/b12-11+,16-8?/t17-,18-,19+,20-,21+/m0/s1. The molecule has 0 unspecified atom stereocenters. The van der Waals surface area contributed by atoms with Crippen molar-refractivity contribution in [2.24, 2.45) is 17.8 Å². The van der Waals surface area contributed by atoms with Crippen molar-refractivity contribution in [1.29, 1.82) is 0 Å². The largest absolute Gasteiger partial charge is 0.469 e. The lowest BCUT2D eigenvalue weighted by atomic mass is 9.90. The highest BCUT2D eigenvalue weighted by atomic mass is 16.5. The van der Waals surface area contributed by atoms with Crippen molar-refractivity contribution in [3.05, 3.63) is 23.8 Å². The number of carbonyl (C=O) groups excluding carboxylic acids is 1. The number of unbranched alkanes of at least 4 members (excludes halogenated alkanes) is 3. The van der Waals surface area contributed by atoms with Gasteiger partial charge in [0.1, 0.15) is 0 Å². The SMILES string of the molecule is CCCCC[C@H](O)/C=C/[C@@H]1[C@H]2CC(=CCCCC(=O)OC)C[C@H]2C[C@H]1O. The van der Waals surface area contributed by atoms with Crippen LogP contribution >= 0.6 is 0 Å². The van der Waals surface area contributed by atoms with Crippen LogP contribution < -0.4 is 0 Å². The van der Waals surface area contributed by atoms with Crippen LogP contribution in [0.4, 0.5) is 0 Å². The molecule has 4 nitrogen and oxygen atoms in total. The number of fused-ring (bicyclic) bond motifs is 1. The van der Waals surface area contributed by atoms with Gasteiger partial charge in [0.25, 0.3) is 0 Å². The molecule has 5 atom stereocenters. The molecule has 0 aromatic rings. The van der Waals surface area contributed by atoms with Crippen LogP contribution in [0.1, 0.15) is 71.1 Å². The lowest BCUT2D eigenvalue weighted by molar-refractivity contribution is -0.140. The van der Waals surface area contributed by atoms with E-state index in [-0.39, 0.29) is 24.1 Å². The van der Waals surface area contributed by atoms with E-state index in [1.165, 1.54) is 12.7 Å². The Hall–Kier alpha value is -1.13. The Labute approximate surface area is 158 Å². The van der Waals surface area contributed by atoms with Crippen LogP contribution in [-0.4, -0.2) is 35.5 Å². The van der Waals surface area contributed by atoms with Gasteiger partial charge in [-0.2, -0.15) is 0 Å². The van der Waals surface area contributed by atoms with Crippen LogP contribution in [0.3, 0.4) is 0 Å². The number of rotatable bonds is 10. The van der Waals surface area contributed by atoms with Crippen LogP contribution in [0, 0.1) is 17.8 Å². The normalized spacial score (nSPS) is 30.8. The summed E-state index contributed by atoms with van der Waals surface area (Å²) in [6.07, 6.45) is 15.0. The molecule has 0 bridgehead atoms. The zero-order valence-corrected chi connectivity index (χ0v) is 16.4. The molecule has 2 aliphatic carbocycles. The second-order valence-electron chi connectivity index (χ2n) is 7.99. The molecule has 2 rings (SSSR count). The van der Waals surface area contributed by atoms with E-state index >= 15 is 0 Å². The third kappa shape index (κ3) is 6.24. The molecule has 0 aliphatic heterocycles. The van der Waals surface area contributed by atoms with Crippen LogP contribution in [-0.2, 0) is 9.53 Å². The highest BCUT2D eigenvalue weighted by Gasteiger charge is 2.44. The van der Waals surface area contributed by atoms with E-state index in [4.69, 9.17) is 0 Å². The molecule has 148 valence electrons. The molecule has 0 spiro atoms. The maximum absolute atomic E-state index is 11.2. The van der Waals surface area contributed by atoms with Gasteiger partial charge in [-0.25, -0.2) is 0 Å². The van der Waals surface area contributed by atoms with Crippen molar-refractivity contribution in [2.45, 2.75) is 83.3 Å². The number of hydrogen-bond acceptors (Lipinski definition) is 4. The molecule has 26 heavy (non-hydrogen) atoms. The van der Waals surface area contributed by atoms with Gasteiger partial charge >= 0.3 is 5.97 Å². The van der Waals surface area contributed by atoms with Crippen LogP contribution in [0.5, 0.6) is 0 Å². The maximum Gasteiger partial charge on any atom is 0.305 e. The van der Waals surface area contributed by atoms with Gasteiger partial charge in [0.2, 0.25) is 0 Å². The van der Waals surface area contributed by atoms with Crippen molar-refractivity contribution in [2.75, 3.05) is 7.11 Å². The third-order valence-corrected chi connectivity index (χ3v) is 6.02. The Bertz CT molecular complexity index is 496. The Morgan fingerprint density at radius 1 is 1.31 bits per heavy atom. The quantitative estimate of drug-likeness (QED) is 0.347. The third-order valence-electron chi connectivity index (χ3n) is 6.02. The van der Waals surface area contributed by atoms with Gasteiger partial charge in [0.15, 0.2) is 0 Å². The van der Waals surface area contributed by atoms with Crippen molar-refractivity contribution in [3.63, 3.8) is 0 Å². The first-order chi connectivity index (χ1) is 12.5. The monoisotopic (exact) mass is 364 g/mol. The van der Waals surface area contributed by atoms with Crippen LogP contribution in [0.15, 0.2) is 23.8 Å². The minimum Gasteiger partial charge on any atom is -0.469 e. The molecule has 2 aliphatic rings. The van der Waals surface area contributed by atoms with E-state index < -0.39 is 0 Å². The van der Waals surface area contributed by atoms with Crippen molar-refractivity contribution < 1.29 is 19.7 Å². The second-order valence-corrected chi connectivity index (χ2v) is 7.99. The molecule has 0 aromatic heterocycles. The molecule has 0 radical (unpaired) electrons. The summed E-state index contributed by atoms with van der Waals surface area (Å²) in [6, 6.07) is 0. The highest BCUT2D eigenvalue weighted by Crippen LogP contribution is 2.50. The molecule has 0 heterocycles. The smallest absolute Gasteiger partial charge is 0.305 e. The Balaban J connectivity index is 1.81. The lowest BCUT2D eigenvalue weighted by Gasteiger charge is -2.17. The summed E-state index contributed by atoms with van der Waals surface area (Å²) in [5.74, 6) is 1.08. The predicted molar refractivity (Wildman–Crippen MR) is 104 cm³/mol. The van der Waals surface area contributed by atoms with E-state index in [1.807, 2.05) is 6.08 Å². The van der Waals surface area contributed by atoms with Crippen molar-refractivity contribution in [3.8, 4) is 0 Å². The number of aliphatic hydroxyl groups excluding tert-OH is 2. The molecule has 0 saturated heterocycles. The summed E-state index contributed by atoms with van der Waals surface area (Å²) < 4.78 is 4.67. The highest BCUT2D eigenvalue weighted by molar-refractivity contribution is 5.69. The zero-order chi connectivity index (χ0) is 18.9. The molecular formula is C22H36O4. The Morgan fingerprint density at radius 2 is 2.12 bits per heavy atom. The first kappa shape index (κ1) is 21.2. The van der Waals surface area contributed by atoms with E-state index in [2.05, 4.69) is 23.8 Å². The molecule has 2 fully saturated rings. The van der Waals surface area contributed by atoms with E-state index in [1.54, 1.807) is 0 Å². The van der Waals surface area contributed by atoms with Crippen molar-refractivity contribution in [1.82, 2.24) is 0 Å². The number of esters is 1. The number of hydrogen-bond donors (Lipinski definition) is 2. The van der Waals surface area contributed by atoms with E-state index in [0.29, 0.717) is 18.3 Å². The van der Waals surface area contributed by atoms with Gasteiger partial charge < -0.3 is 14.9 Å². The number of allylic oxidation sites excluding steroid dienone is 2. The molecular weight excluding hydrogens is 328 g/mol. The predicted octanol–water partition coefficient (Wildman–Crippen LogP) is 4.16. The number of carbonyl (C=O) groups is 1. The average Bonchev–Trinajstić information content (AvgIpc) is 3.13. The first-order valence-corrected chi connectivity index (χ1v) is 10.3. The van der Waals surface area contributed by atoms with Gasteiger partial charge in [-0.3, -0.25) is 4.79 Å². The summed E-state index contributed by atoms with van der Waals surface area (Å²) in [6.45, 7) is 2.16. The van der Waals surface area contributed by atoms with Crippen LogP contribution in [0.2, 0.25) is 0 Å². The fourth-order valence-corrected chi connectivity index (χ4v) is 4.55. The van der Waals surface area contributed by atoms with E-state index in [0.717, 1.165) is 57.8 Å². The molecule has 2 saturated carbocycles. The molecule has 4 heteroatoms. The minimum absolute atomic E-state index is 0.141. The first-order valence-electron chi connectivity index (χ1n) is 10.3. The fraction of sp³-hybridized carbons (Fsp3) is 0.773. The summed E-state index contributed by atoms with van der Waals surface area (Å²) in [5.41, 5.74) is 1.47. The second kappa shape index (κ2) is 10.9. The number of aliphatic hydroxyl groups is 2. The number of ether oxygens (including phenoxy) is 1. The fourth-order valence-electron chi connectivity index (χ4n) is 4.55.